The highest BCUT2D eigenvalue weighted by Gasteiger charge is 2.44. The third kappa shape index (κ3) is 2.58. The van der Waals surface area contributed by atoms with Crippen molar-refractivity contribution < 1.29 is 23.1 Å². The molecule has 1 rings (SSSR count). The molecule has 1 unspecified atom stereocenters. The van der Waals surface area contributed by atoms with E-state index < -0.39 is 39.2 Å². The van der Waals surface area contributed by atoms with Gasteiger partial charge in [0.1, 0.15) is 6.04 Å². The molecule has 1 aliphatic heterocycles. The Morgan fingerprint density at radius 2 is 2.00 bits per heavy atom. The Balaban J connectivity index is 3.15. The lowest BCUT2D eigenvalue weighted by Crippen LogP contribution is -2.61. The number of rotatable bonds is 2. The summed E-state index contributed by atoms with van der Waals surface area (Å²) in [5, 5.41) is 11.3. The van der Waals surface area contributed by atoms with Crippen LogP contribution in [0.1, 0.15) is 20.8 Å². The van der Waals surface area contributed by atoms with Gasteiger partial charge in [-0.3, -0.25) is 9.59 Å². The monoisotopic (exact) mass is 264 g/mol. The highest BCUT2D eigenvalue weighted by atomic mass is 32.2. The van der Waals surface area contributed by atoms with Crippen LogP contribution in [0.5, 0.6) is 0 Å². The van der Waals surface area contributed by atoms with Crippen molar-refractivity contribution in [2.45, 2.75) is 31.6 Å². The molecule has 7 nitrogen and oxygen atoms in total. The van der Waals surface area contributed by atoms with Gasteiger partial charge in [-0.05, 0) is 20.8 Å². The second-order valence-corrected chi connectivity index (χ2v) is 7.46. The van der Waals surface area contributed by atoms with Gasteiger partial charge >= 0.3 is 5.97 Å². The van der Waals surface area contributed by atoms with E-state index in [1.54, 1.807) is 0 Å². The highest BCUT2D eigenvalue weighted by molar-refractivity contribution is 7.90. The van der Waals surface area contributed by atoms with E-state index in [-0.39, 0.29) is 6.54 Å². The summed E-state index contributed by atoms with van der Waals surface area (Å²) in [5.41, 5.74) is 0. The van der Waals surface area contributed by atoms with Crippen molar-refractivity contribution in [1.82, 2.24) is 9.62 Å². The van der Waals surface area contributed by atoms with Crippen LogP contribution in [0, 0.1) is 0 Å². The first-order valence-corrected chi connectivity index (χ1v) is 6.52. The summed E-state index contributed by atoms with van der Waals surface area (Å²) in [4.78, 5) is 22.2. The maximum Gasteiger partial charge on any atom is 0.323 e. The number of nitrogens with zero attached hydrogens (tertiary/aromatic N) is 1. The lowest BCUT2D eigenvalue weighted by molar-refractivity contribution is -0.143. The zero-order valence-corrected chi connectivity index (χ0v) is 10.7. The van der Waals surface area contributed by atoms with Crippen LogP contribution in [0.4, 0.5) is 0 Å². The van der Waals surface area contributed by atoms with Gasteiger partial charge in [0.05, 0.1) is 11.3 Å². The largest absolute Gasteiger partial charge is 0.480 e. The Morgan fingerprint density at radius 3 is 2.41 bits per heavy atom. The van der Waals surface area contributed by atoms with E-state index in [2.05, 4.69) is 5.32 Å². The predicted molar refractivity (Wildman–Crippen MR) is 59.8 cm³/mol. The number of hydrogen-bond acceptors (Lipinski definition) is 4. The van der Waals surface area contributed by atoms with Crippen molar-refractivity contribution in [2.75, 3.05) is 13.1 Å². The second-order valence-electron chi connectivity index (χ2n) is 4.82. The molecule has 0 aromatic rings. The first-order valence-electron chi connectivity index (χ1n) is 5.08. The Labute approximate surface area is 99.8 Å². The molecule has 17 heavy (non-hydrogen) atoms. The van der Waals surface area contributed by atoms with E-state index in [0.29, 0.717) is 0 Å². The summed E-state index contributed by atoms with van der Waals surface area (Å²) < 4.78 is 23.9. The summed E-state index contributed by atoms with van der Waals surface area (Å²) in [6.45, 7) is 3.75. The molecular weight excluding hydrogens is 248 g/mol. The summed E-state index contributed by atoms with van der Waals surface area (Å²) in [5.74, 6) is -1.76. The number of amides is 1. The van der Waals surface area contributed by atoms with Crippen LogP contribution in [0.2, 0.25) is 0 Å². The quantitative estimate of drug-likeness (QED) is 0.665. The van der Waals surface area contributed by atoms with Crippen molar-refractivity contribution in [3.8, 4) is 0 Å². The van der Waals surface area contributed by atoms with Crippen LogP contribution in [-0.2, 0) is 19.6 Å². The fourth-order valence-corrected chi connectivity index (χ4v) is 2.93. The minimum Gasteiger partial charge on any atom is -0.480 e. The van der Waals surface area contributed by atoms with Crippen molar-refractivity contribution in [3.63, 3.8) is 0 Å². The van der Waals surface area contributed by atoms with Crippen LogP contribution in [0.3, 0.4) is 0 Å². The molecule has 0 radical (unpaired) electrons. The Hall–Kier alpha value is -1.15. The van der Waals surface area contributed by atoms with Crippen LogP contribution >= 0.6 is 0 Å². The zero-order chi connectivity index (χ0) is 13.4. The molecule has 0 aromatic carbocycles. The van der Waals surface area contributed by atoms with E-state index in [4.69, 9.17) is 5.11 Å². The van der Waals surface area contributed by atoms with Crippen LogP contribution < -0.4 is 5.32 Å². The van der Waals surface area contributed by atoms with Gasteiger partial charge in [0.2, 0.25) is 15.9 Å². The first kappa shape index (κ1) is 13.9. The molecule has 8 heteroatoms. The highest BCUT2D eigenvalue weighted by Crippen LogP contribution is 2.23. The van der Waals surface area contributed by atoms with Gasteiger partial charge in [-0.2, -0.15) is 4.31 Å². The Morgan fingerprint density at radius 1 is 1.47 bits per heavy atom. The third-order valence-corrected chi connectivity index (χ3v) is 5.06. The van der Waals surface area contributed by atoms with Gasteiger partial charge in [0, 0.05) is 6.54 Å². The van der Waals surface area contributed by atoms with E-state index in [9.17, 15) is 18.0 Å². The molecule has 2 N–H and O–H groups in total. The van der Waals surface area contributed by atoms with Gasteiger partial charge in [-0.1, -0.05) is 0 Å². The average Bonchev–Trinajstić information content (AvgIpc) is 2.15. The number of sulfonamides is 1. The molecule has 1 atom stereocenters. The molecule has 0 aliphatic carbocycles. The minimum absolute atomic E-state index is 0.205. The average molecular weight is 264 g/mol. The van der Waals surface area contributed by atoms with Crippen molar-refractivity contribution in [2.24, 2.45) is 0 Å². The maximum atomic E-state index is 12.2. The number of hydrogen-bond donors (Lipinski definition) is 2. The molecule has 0 bridgehead atoms. The van der Waals surface area contributed by atoms with Crippen LogP contribution in [-0.4, -0.2) is 53.6 Å². The van der Waals surface area contributed by atoms with Gasteiger partial charge in [-0.15, -0.1) is 0 Å². The van der Waals surface area contributed by atoms with Gasteiger partial charge in [0.15, 0.2) is 0 Å². The van der Waals surface area contributed by atoms with Crippen molar-refractivity contribution >= 4 is 21.9 Å². The third-order valence-electron chi connectivity index (χ3n) is 2.51. The van der Waals surface area contributed by atoms with Crippen molar-refractivity contribution in [1.29, 1.82) is 0 Å². The van der Waals surface area contributed by atoms with E-state index in [1.807, 2.05) is 0 Å². The first-order chi connectivity index (χ1) is 7.57. The molecular formula is C9H16N2O5S. The normalized spacial score (nSPS) is 23.2. The maximum absolute atomic E-state index is 12.2. The van der Waals surface area contributed by atoms with E-state index in [1.165, 1.54) is 20.8 Å². The number of nitrogens with one attached hydrogen (secondary N) is 1. The Kier molecular flexibility index (Phi) is 3.49. The molecule has 1 amide bonds. The number of carboxylic acid groups (broad SMARTS) is 1. The molecule has 1 heterocycles. The number of carbonyl (C=O) groups is 2. The number of piperazine rings is 1. The van der Waals surface area contributed by atoms with Gasteiger partial charge in [-0.25, -0.2) is 8.42 Å². The number of carboxylic acids is 1. The lowest BCUT2D eigenvalue weighted by atomic mass is 10.2. The predicted octanol–water partition coefficient (Wildman–Crippen LogP) is -1.00. The summed E-state index contributed by atoms with van der Waals surface area (Å²) in [7, 11) is -3.83. The summed E-state index contributed by atoms with van der Waals surface area (Å²) >= 11 is 0. The molecule has 1 saturated heterocycles. The fourth-order valence-electron chi connectivity index (χ4n) is 1.43. The lowest BCUT2D eigenvalue weighted by Gasteiger charge is -2.36. The molecule has 0 saturated carbocycles. The summed E-state index contributed by atoms with van der Waals surface area (Å²) in [6.07, 6.45) is 0. The number of carbonyl (C=O) groups excluding carboxylic acids is 1. The smallest absolute Gasteiger partial charge is 0.323 e. The zero-order valence-electron chi connectivity index (χ0n) is 9.93. The number of aliphatic carboxylic acids is 1. The molecule has 1 aliphatic rings. The van der Waals surface area contributed by atoms with Crippen LogP contribution in [0.25, 0.3) is 0 Å². The SMILES string of the molecule is CC(C)(C)S(=O)(=O)N1CC(=O)NCC1C(=O)O. The second kappa shape index (κ2) is 4.26. The van der Waals surface area contributed by atoms with E-state index >= 15 is 0 Å². The topological polar surface area (TPSA) is 104 Å². The molecule has 98 valence electrons. The Bertz CT molecular complexity index is 437. The van der Waals surface area contributed by atoms with Gasteiger partial charge in [0.25, 0.3) is 0 Å². The molecule has 0 aromatic heterocycles. The van der Waals surface area contributed by atoms with Crippen LogP contribution in [0.15, 0.2) is 0 Å². The fraction of sp³-hybridized carbons (Fsp3) is 0.778. The molecule has 1 fully saturated rings. The van der Waals surface area contributed by atoms with Crippen molar-refractivity contribution in [3.05, 3.63) is 0 Å². The standard InChI is InChI=1S/C9H16N2O5S/c1-9(2,3)17(15,16)11-5-7(12)10-4-6(11)8(13)14/h6H,4-5H2,1-3H3,(H,10,12)(H,13,14). The molecule has 0 spiro atoms. The van der Waals surface area contributed by atoms with E-state index in [0.717, 1.165) is 4.31 Å². The minimum atomic E-state index is -3.83. The summed E-state index contributed by atoms with van der Waals surface area (Å²) in [6, 6.07) is -1.24. The van der Waals surface area contributed by atoms with Gasteiger partial charge < -0.3 is 10.4 Å².